The number of nitrogens with zero attached hydrogens (tertiary/aromatic N) is 5. The predicted molar refractivity (Wildman–Crippen MR) is 103 cm³/mol. The number of imidazole rings is 1. The third kappa shape index (κ3) is 2.74. The smallest absolute Gasteiger partial charge is 0.168 e. The van der Waals surface area contributed by atoms with E-state index in [2.05, 4.69) is 38.3 Å². The van der Waals surface area contributed by atoms with E-state index < -0.39 is 0 Å². The molecule has 0 unspecified atom stereocenters. The van der Waals surface area contributed by atoms with Gasteiger partial charge >= 0.3 is 0 Å². The van der Waals surface area contributed by atoms with Crippen LogP contribution in [0.4, 0.5) is 5.82 Å². The van der Waals surface area contributed by atoms with Crippen molar-refractivity contribution < 1.29 is 0 Å². The van der Waals surface area contributed by atoms with Crippen LogP contribution in [0.25, 0.3) is 16.9 Å². The second-order valence-electron chi connectivity index (χ2n) is 6.36. The second kappa shape index (κ2) is 6.17. The average molecular weight is 362 g/mol. The fourth-order valence-electron chi connectivity index (χ4n) is 3.20. The summed E-state index contributed by atoms with van der Waals surface area (Å²) >= 11 is 1.81. The second-order valence-corrected chi connectivity index (χ2v) is 7.42. The lowest BCUT2D eigenvalue weighted by Gasteiger charge is -2.10. The fourth-order valence-corrected chi connectivity index (χ4v) is 4.16. The van der Waals surface area contributed by atoms with Crippen LogP contribution in [-0.4, -0.2) is 29.9 Å². The zero-order valence-corrected chi connectivity index (χ0v) is 15.2. The number of thioether (sulfide) groups is 1. The number of benzene rings is 1. The van der Waals surface area contributed by atoms with E-state index in [1.165, 1.54) is 0 Å². The van der Waals surface area contributed by atoms with Gasteiger partial charge in [0.15, 0.2) is 10.8 Å². The van der Waals surface area contributed by atoms with Gasteiger partial charge < -0.3 is 9.88 Å². The summed E-state index contributed by atoms with van der Waals surface area (Å²) in [5, 5.41) is 9.18. The Balaban J connectivity index is 1.50. The van der Waals surface area contributed by atoms with Gasteiger partial charge in [0.25, 0.3) is 0 Å². The molecule has 0 spiro atoms. The largest absolute Gasteiger partial charge is 0.364 e. The van der Waals surface area contributed by atoms with Crippen molar-refractivity contribution in [2.45, 2.75) is 25.2 Å². The summed E-state index contributed by atoms with van der Waals surface area (Å²) in [4.78, 5) is 9.45. The Bertz CT molecular complexity index is 1060. The first-order valence-electron chi connectivity index (χ1n) is 8.62. The van der Waals surface area contributed by atoms with Crippen molar-refractivity contribution in [3.8, 4) is 11.3 Å². The van der Waals surface area contributed by atoms with Gasteiger partial charge in [-0.15, -0.1) is 0 Å². The van der Waals surface area contributed by atoms with E-state index in [0.29, 0.717) is 6.54 Å². The molecule has 4 heterocycles. The highest BCUT2D eigenvalue weighted by atomic mass is 32.2. The van der Waals surface area contributed by atoms with E-state index in [4.69, 9.17) is 4.98 Å². The van der Waals surface area contributed by atoms with Gasteiger partial charge in [-0.05, 0) is 6.92 Å². The Morgan fingerprint density at radius 1 is 1.15 bits per heavy atom. The molecule has 1 aromatic carbocycles. The molecule has 130 valence electrons. The van der Waals surface area contributed by atoms with Crippen LogP contribution in [0.5, 0.6) is 0 Å². The Hall–Kier alpha value is -2.80. The van der Waals surface area contributed by atoms with Crippen LogP contribution in [0.1, 0.15) is 11.4 Å². The average Bonchev–Trinajstić information content (AvgIpc) is 3.33. The van der Waals surface area contributed by atoms with Crippen LogP contribution < -0.4 is 5.32 Å². The Morgan fingerprint density at radius 2 is 2.04 bits per heavy atom. The van der Waals surface area contributed by atoms with Crippen molar-refractivity contribution in [3.05, 3.63) is 60.0 Å². The summed E-state index contributed by atoms with van der Waals surface area (Å²) < 4.78 is 4.08. The molecule has 4 aromatic rings. The van der Waals surface area contributed by atoms with Gasteiger partial charge in [0.2, 0.25) is 0 Å². The Kier molecular flexibility index (Phi) is 3.67. The molecule has 0 bridgehead atoms. The van der Waals surface area contributed by atoms with Crippen molar-refractivity contribution in [1.82, 2.24) is 24.1 Å². The normalized spacial score (nSPS) is 13.3. The molecule has 1 aliphatic heterocycles. The maximum absolute atomic E-state index is 4.76. The number of aryl methyl sites for hydroxylation is 2. The number of aromatic nitrogens is 5. The summed E-state index contributed by atoms with van der Waals surface area (Å²) in [7, 11) is 0. The van der Waals surface area contributed by atoms with Gasteiger partial charge in [0, 0.05) is 36.2 Å². The maximum atomic E-state index is 4.76. The van der Waals surface area contributed by atoms with Gasteiger partial charge in [-0.25, -0.2) is 9.97 Å². The zero-order valence-electron chi connectivity index (χ0n) is 14.4. The molecule has 7 heteroatoms. The molecule has 0 saturated carbocycles. The lowest BCUT2D eigenvalue weighted by molar-refractivity contribution is 0.719. The predicted octanol–water partition coefficient (Wildman–Crippen LogP) is 3.62. The molecule has 1 aliphatic rings. The van der Waals surface area contributed by atoms with Crippen LogP contribution >= 0.6 is 11.8 Å². The Morgan fingerprint density at radius 3 is 2.88 bits per heavy atom. The topological polar surface area (TPSA) is 60.0 Å². The quantitative estimate of drug-likeness (QED) is 0.601. The van der Waals surface area contributed by atoms with E-state index in [0.717, 1.165) is 51.6 Å². The number of hydrogen-bond acceptors (Lipinski definition) is 5. The van der Waals surface area contributed by atoms with Crippen molar-refractivity contribution in [1.29, 1.82) is 0 Å². The standard InChI is InChI=1S/C19H18N6S/c1-13-9-18-22-16(14-5-3-2-4-6-14)10-17(25(18)23-13)20-11-15-12-24-7-8-26-19(24)21-15/h2-6,9-10,12,20H,7-8,11H2,1H3. The van der Waals surface area contributed by atoms with Crippen molar-refractivity contribution in [2.24, 2.45) is 0 Å². The van der Waals surface area contributed by atoms with Gasteiger partial charge in [-0.3, -0.25) is 0 Å². The summed E-state index contributed by atoms with van der Waals surface area (Å²) in [6, 6.07) is 14.3. The molecule has 6 nitrogen and oxygen atoms in total. The van der Waals surface area contributed by atoms with E-state index in [-0.39, 0.29) is 0 Å². The summed E-state index contributed by atoms with van der Waals surface area (Å²) in [5.41, 5.74) is 4.86. The molecule has 0 aliphatic carbocycles. The highest BCUT2D eigenvalue weighted by Crippen LogP contribution is 2.26. The van der Waals surface area contributed by atoms with E-state index >= 15 is 0 Å². The van der Waals surface area contributed by atoms with Crippen molar-refractivity contribution in [3.63, 3.8) is 0 Å². The fraction of sp³-hybridized carbons (Fsp3) is 0.211. The van der Waals surface area contributed by atoms with E-state index in [1.54, 1.807) is 0 Å². The summed E-state index contributed by atoms with van der Waals surface area (Å²) in [5.74, 6) is 2.04. The summed E-state index contributed by atoms with van der Waals surface area (Å²) in [6.45, 7) is 3.69. The van der Waals surface area contributed by atoms with Gasteiger partial charge in [-0.1, -0.05) is 42.1 Å². The minimum Gasteiger partial charge on any atom is -0.364 e. The van der Waals surface area contributed by atoms with Crippen LogP contribution in [0.15, 0.2) is 53.8 Å². The molecule has 5 rings (SSSR count). The van der Waals surface area contributed by atoms with Gasteiger partial charge in [-0.2, -0.15) is 9.61 Å². The number of fused-ring (bicyclic) bond motifs is 2. The lowest BCUT2D eigenvalue weighted by Crippen LogP contribution is -2.07. The Labute approximate surface area is 155 Å². The highest BCUT2D eigenvalue weighted by molar-refractivity contribution is 7.99. The molecule has 0 saturated heterocycles. The van der Waals surface area contributed by atoms with Gasteiger partial charge in [0.05, 0.1) is 23.6 Å². The minimum atomic E-state index is 0.660. The molecule has 26 heavy (non-hydrogen) atoms. The number of hydrogen-bond donors (Lipinski definition) is 1. The third-order valence-electron chi connectivity index (χ3n) is 4.42. The summed E-state index contributed by atoms with van der Waals surface area (Å²) in [6.07, 6.45) is 2.13. The van der Waals surface area contributed by atoms with Crippen molar-refractivity contribution in [2.75, 3.05) is 11.1 Å². The lowest BCUT2D eigenvalue weighted by atomic mass is 10.1. The first kappa shape index (κ1) is 15.5. The molecule has 1 N–H and O–H groups in total. The minimum absolute atomic E-state index is 0.660. The van der Waals surface area contributed by atoms with Crippen LogP contribution in [0, 0.1) is 6.92 Å². The number of anilines is 1. The monoisotopic (exact) mass is 362 g/mol. The molecule has 0 atom stereocenters. The SMILES string of the molecule is Cc1cc2nc(-c3ccccc3)cc(NCc3cn4c(n3)SCC4)n2n1. The first-order valence-corrected chi connectivity index (χ1v) is 9.60. The molecule has 0 amide bonds. The van der Waals surface area contributed by atoms with Gasteiger partial charge in [0.1, 0.15) is 5.82 Å². The highest BCUT2D eigenvalue weighted by Gasteiger charge is 2.15. The van der Waals surface area contributed by atoms with E-state index in [9.17, 15) is 0 Å². The zero-order chi connectivity index (χ0) is 17.5. The molecular weight excluding hydrogens is 344 g/mol. The number of rotatable bonds is 4. The molecular formula is C19H18N6S. The number of nitrogens with one attached hydrogen (secondary N) is 1. The van der Waals surface area contributed by atoms with Crippen LogP contribution in [0.3, 0.4) is 0 Å². The molecule has 3 aromatic heterocycles. The van der Waals surface area contributed by atoms with Crippen LogP contribution in [0.2, 0.25) is 0 Å². The third-order valence-corrected chi connectivity index (χ3v) is 5.39. The molecule has 0 radical (unpaired) electrons. The van der Waals surface area contributed by atoms with E-state index in [1.807, 2.05) is 53.5 Å². The maximum Gasteiger partial charge on any atom is 0.168 e. The van der Waals surface area contributed by atoms with Crippen molar-refractivity contribution >= 4 is 23.2 Å². The van der Waals surface area contributed by atoms with Crippen LogP contribution in [-0.2, 0) is 13.1 Å². The molecule has 0 fully saturated rings. The first-order chi connectivity index (χ1) is 12.8.